The molecule has 1 aromatic heterocycles. The molecular formula is C16H20N6O2. The summed E-state index contributed by atoms with van der Waals surface area (Å²) < 4.78 is 0. The van der Waals surface area contributed by atoms with Crippen molar-refractivity contribution in [3.05, 3.63) is 30.3 Å². The van der Waals surface area contributed by atoms with E-state index in [4.69, 9.17) is 5.73 Å². The van der Waals surface area contributed by atoms with Crippen LogP contribution >= 0.6 is 0 Å². The molecule has 24 heavy (non-hydrogen) atoms. The van der Waals surface area contributed by atoms with E-state index in [9.17, 15) is 9.59 Å². The molecule has 3 rings (SSSR count). The van der Waals surface area contributed by atoms with E-state index in [0.29, 0.717) is 18.9 Å². The zero-order valence-corrected chi connectivity index (χ0v) is 13.5. The zero-order chi connectivity index (χ0) is 17.1. The largest absolute Gasteiger partial charge is 0.369 e. The molecule has 2 unspecified atom stereocenters. The molecule has 8 heteroatoms. The van der Waals surface area contributed by atoms with Crippen LogP contribution in [0.15, 0.2) is 30.3 Å². The summed E-state index contributed by atoms with van der Waals surface area (Å²) >= 11 is 0. The number of amides is 2. The maximum absolute atomic E-state index is 12.7. The van der Waals surface area contributed by atoms with Gasteiger partial charge in [0.2, 0.25) is 17.6 Å². The minimum Gasteiger partial charge on any atom is -0.369 e. The number of likely N-dealkylation sites (tertiary alicyclic amines) is 1. The summed E-state index contributed by atoms with van der Waals surface area (Å²) in [5.41, 5.74) is 6.21. The second-order valence-corrected chi connectivity index (χ2v) is 6.00. The fourth-order valence-corrected chi connectivity index (χ4v) is 2.86. The minimum absolute atomic E-state index is 0.127. The van der Waals surface area contributed by atoms with Gasteiger partial charge in [0.15, 0.2) is 0 Å². The molecule has 0 saturated carbocycles. The Morgan fingerprint density at radius 2 is 2.04 bits per heavy atom. The molecule has 2 N–H and O–H groups in total. The van der Waals surface area contributed by atoms with Gasteiger partial charge in [0.25, 0.3) is 0 Å². The summed E-state index contributed by atoms with van der Waals surface area (Å²) in [5.74, 6) is -0.286. The van der Waals surface area contributed by atoms with E-state index in [-0.39, 0.29) is 17.7 Å². The summed E-state index contributed by atoms with van der Waals surface area (Å²) in [6.07, 6.45) is 1.50. The fourth-order valence-electron chi connectivity index (χ4n) is 2.86. The van der Waals surface area contributed by atoms with Crippen molar-refractivity contribution in [3.8, 4) is 11.4 Å². The highest BCUT2D eigenvalue weighted by Gasteiger charge is 2.30. The average molecular weight is 328 g/mol. The van der Waals surface area contributed by atoms with E-state index in [0.717, 1.165) is 18.4 Å². The highest BCUT2D eigenvalue weighted by atomic mass is 16.2. The lowest BCUT2D eigenvalue weighted by molar-refractivity contribution is -0.138. The van der Waals surface area contributed by atoms with Crippen molar-refractivity contribution >= 4 is 11.8 Å². The van der Waals surface area contributed by atoms with Crippen LogP contribution in [-0.4, -0.2) is 50.0 Å². The van der Waals surface area contributed by atoms with Gasteiger partial charge in [-0.15, -0.1) is 10.2 Å². The van der Waals surface area contributed by atoms with Gasteiger partial charge in [-0.05, 0) is 25.0 Å². The van der Waals surface area contributed by atoms with Crippen LogP contribution in [0.1, 0.15) is 25.8 Å². The number of rotatable bonds is 4. The van der Waals surface area contributed by atoms with Crippen molar-refractivity contribution in [1.29, 1.82) is 0 Å². The molecule has 1 aliphatic rings. The molecule has 0 spiro atoms. The van der Waals surface area contributed by atoms with Gasteiger partial charge in [0.05, 0.1) is 5.92 Å². The fraction of sp³-hybridized carbons (Fsp3) is 0.438. The van der Waals surface area contributed by atoms with Crippen molar-refractivity contribution in [1.82, 2.24) is 25.1 Å². The van der Waals surface area contributed by atoms with Crippen LogP contribution in [0, 0.1) is 5.92 Å². The standard InChI is InChI=1S/C16H20N6O2/c1-11(16(24)21-9-5-8-13(10-21)14(17)23)22-19-15(18-20-22)12-6-3-2-4-7-12/h2-4,6-7,11,13H,5,8-10H2,1H3,(H2,17,23). The lowest BCUT2D eigenvalue weighted by Crippen LogP contribution is -2.46. The number of aromatic nitrogens is 4. The van der Waals surface area contributed by atoms with Gasteiger partial charge >= 0.3 is 0 Å². The molecule has 1 saturated heterocycles. The van der Waals surface area contributed by atoms with E-state index >= 15 is 0 Å². The first-order valence-electron chi connectivity index (χ1n) is 7.99. The summed E-state index contributed by atoms with van der Waals surface area (Å²) in [7, 11) is 0. The van der Waals surface area contributed by atoms with Crippen LogP contribution in [0.3, 0.4) is 0 Å². The Kier molecular flexibility index (Phi) is 4.54. The average Bonchev–Trinajstić information content (AvgIpc) is 3.11. The molecule has 2 heterocycles. The zero-order valence-electron chi connectivity index (χ0n) is 13.5. The lowest BCUT2D eigenvalue weighted by Gasteiger charge is -2.32. The van der Waals surface area contributed by atoms with Gasteiger partial charge in [0.1, 0.15) is 6.04 Å². The Balaban J connectivity index is 1.72. The van der Waals surface area contributed by atoms with Gasteiger partial charge in [0, 0.05) is 18.7 Å². The molecule has 2 aromatic rings. The molecule has 0 radical (unpaired) electrons. The van der Waals surface area contributed by atoms with Crippen LogP contribution in [-0.2, 0) is 9.59 Å². The Hall–Kier alpha value is -2.77. The number of carbonyl (C=O) groups excluding carboxylic acids is 2. The Labute approximate surface area is 139 Å². The number of carbonyl (C=O) groups is 2. The monoisotopic (exact) mass is 328 g/mol. The highest BCUT2D eigenvalue weighted by Crippen LogP contribution is 2.20. The maximum Gasteiger partial charge on any atom is 0.249 e. The SMILES string of the molecule is CC(C(=O)N1CCCC(C(N)=O)C1)n1nnc(-c2ccccc2)n1. The molecule has 2 atom stereocenters. The summed E-state index contributed by atoms with van der Waals surface area (Å²) in [5, 5.41) is 12.3. The summed E-state index contributed by atoms with van der Waals surface area (Å²) in [6.45, 7) is 2.71. The smallest absolute Gasteiger partial charge is 0.249 e. The second kappa shape index (κ2) is 6.77. The van der Waals surface area contributed by atoms with E-state index in [1.54, 1.807) is 11.8 Å². The van der Waals surface area contributed by atoms with Gasteiger partial charge in [-0.2, -0.15) is 4.80 Å². The molecule has 8 nitrogen and oxygen atoms in total. The molecular weight excluding hydrogens is 308 g/mol. The Morgan fingerprint density at radius 3 is 2.75 bits per heavy atom. The first-order chi connectivity index (χ1) is 11.6. The van der Waals surface area contributed by atoms with Crippen molar-refractivity contribution < 1.29 is 9.59 Å². The predicted molar refractivity (Wildman–Crippen MR) is 86.5 cm³/mol. The normalized spacial score (nSPS) is 19.0. The molecule has 0 aliphatic carbocycles. The number of nitrogens with zero attached hydrogens (tertiary/aromatic N) is 5. The van der Waals surface area contributed by atoms with Crippen molar-refractivity contribution in [2.75, 3.05) is 13.1 Å². The Morgan fingerprint density at radius 1 is 1.29 bits per heavy atom. The van der Waals surface area contributed by atoms with Crippen LogP contribution in [0.2, 0.25) is 0 Å². The van der Waals surface area contributed by atoms with Crippen molar-refractivity contribution in [2.45, 2.75) is 25.8 Å². The second-order valence-electron chi connectivity index (χ2n) is 6.00. The summed E-state index contributed by atoms with van der Waals surface area (Å²) in [4.78, 5) is 27.0. The number of tetrazole rings is 1. The number of benzene rings is 1. The number of hydrogen-bond acceptors (Lipinski definition) is 5. The third-order valence-corrected chi connectivity index (χ3v) is 4.30. The molecule has 1 aliphatic heterocycles. The topological polar surface area (TPSA) is 107 Å². The first kappa shape index (κ1) is 16.1. The van der Waals surface area contributed by atoms with Gasteiger partial charge < -0.3 is 10.6 Å². The number of piperidine rings is 1. The lowest BCUT2D eigenvalue weighted by atomic mass is 9.97. The van der Waals surface area contributed by atoms with Crippen LogP contribution in [0.5, 0.6) is 0 Å². The van der Waals surface area contributed by atoms with Crippen molar-refractivity contribution in [3.63, 3.8) is 0 Å². The quantitative estimate of drug-likeness (QED) is 0.885. The molecule has 126 valence electrons. The van der Waals surface area contributed by atoms with Crippen LogP contribution in [0.4, 0.5) is 0 Å². The number of primary amides is 1. The van der Waals surface area contributed by atoms with Crippen molar-refractivity contribution in [2.24, 2.45) is 11.7 Å². The van der Waals surface area contributed by atoms with E-state index in [2.05, 4.69) is 15.4 Å². The van der Waals surface area contributed by atoms with Crippen LogP contribution < -0.4 is 5.73 Å². The molecule has 2 amide bonds. The Bertz CT molecular complexity index is 729. The maximum atomic E-state index is 12.7. The summed E-state index contributed by atoms with van der Waals surface area (Å²) in [6, 6.07) is 8.88. The molecule has 1 aromatic carbocycles. The third-order valence-electron chi connectivity index (χ3n) is 4.30. The number of nitrogens with two attached hydrogens (primary N) is 1. The van der Waals surface area contributed by atoms with Gasteiger partial charge in [-0.1, -0.05) is 30.3 Å². The molecule has 1 fully saturated rings. The number of hydrogen-bond donors (Lipinski definition) is 1. The van der Waals surface area contributed by atoms with Crippen LogP contribution in [0.25, 0.3) is 11.4 Å². The van der Waals surface area contributed by atoms with Gasteiger partial charge in [-0.25, -0.2) is 0 Å². The van der Waals surface area contributed by atoms with E-state index in [1.807, 2.05) is 30.3 Å². The third kappa shape index (κ3) is 3.27. The van der Waals surface area contributed by atoms with Gasteiger partial charge in [-0.3, -0.25) is 9.59 Å². The predicted octanol–water partition coefficient (Wildman–Crippen LogP) is 0.625. The van der Waals surface area contributed by atoms with E-state index < -0.39 is 6.04 Å². The van der Waals surface area contributed by atoms with E-state index in [1.165, 1.54) is 4.80 Å². The highest BCUT2D eigenvalue weighted by molar-refractivity contribution is 5.82. The minimum atomic E-state index is -0.582. The first-order valence-corrected chi connectivity index (χ1v) is 7.99. The molecule has 0 bridgehead atoms.